The summed E-state index contributed by atoms with van der Waals surface area (Å²) < 4.78 is 5.70. The molecular formula is C29H44N6O7. The lowest BCUT2D eigenvalue weighted by Gasteiger charge is -2.32. The van der Waals surface area contributed by atoms with Crippen molar-refractivity contribution in [2.75, 3.05) is 19.7 Å². The molecule has 13 nitrogen and oxygen atoms in total. The van der Waals surface area contributed by atoms with Gasteiger partial charge in [-0.15, -0.1) is 0 Å². The molecule has 3 aliphatic rings. The van der Waals surface area contributed by atoms with Crippen LogP contribution in [0.3, 0.4) is 0 Å². The number of carbonyl (C=O) groups is 5. The number of benzene rings is 1. The Balaban J connectivity index is 1.80. The van der Waals surface area contributed by atoms with Crippen LogP contribution >= 0.6 is 0 Å². The molecule has 1 aromatic rings. The van der Waals surface area contributed by atoms with Crippen molar-refractivity contribution in [3.63, 3.8) is 0 Å². The molecule has 0 spiro atoms. The number of primary amides is 2. The number of β-amino-alcohol motifs (C(OH)–C–C–N with tert-alkyl or cyclic N) is 1. The Hall–Kier alpha value is -3.71. The van der Waals surface area contributed by atoms with Gasteiger partial charge in [0.2, 0.25) is 29.5 Å². The Labute approximate surface area is 246 Å². The number of nitrogens with one attached hydrogen (secondary N) is 3. The van der Waals surface area contributed by atoms with E-state index in [1.54, 1.807) is 12.1 Å². The Kier molecular flexibility index (Phi) is 12.1. The highest BCUT2D eigenvalue weighted by molar-refractivity contribution is 5.92. The van der Waals surface area contributed by atoms with Crippen molar-refractivity contribution in [3.8, 4) is 5.75 Å². The first kappa shape index (κ1) is 32.8. The normalized spacial score (nSPS) is 24.2. The summed E-state index contributed by atoms with van der Waals surface area (Å²) in [5, 5.41) is 19.6. The highest BCUT2D eigenvalue weighted by atomic mass is 16.5. The van der Waals surface area contributed by atoms with Crippen molar-refractivity contribution in [1.29, 1.82) is 0 Å². The molecule has 232 valence electrons. The van der Waals surface area contributed by atoms with Gasteiger partial charge in [-0.1, -0.05) is 32.4 Å². The van der Waals surface area contributed by atoms with Gasteiger partial charge in [-0.3, -0.25) is 28.9 Å². The fourth-order valence-electron chi connectivity index (χ4n) is 5.33. The van der Waals surface area contributed by atoms with Gasteiger partial charge >= 0.3 is 0 Å². The van der Waals surface area contributed by atoms with Crippen LogP contribution in [0.25, 0.3) is 0 Å². The lowest BCUT2D eigenvalue weighted by molar-refractivity contribution is -0.132. The second kappa shape index (κ2) is 15.5. The number of likely N-dealkylation sites (tertiary alicyclic amines) is 1. The third kappa shape index (κ3) is 9.41. The molecule has 6 atom stereocenters. The largest absolute Gasteiger partial charge is 0.494 e. The third-order valence-corrected chi connectivity index (χ3v) is 7.95. The van der Waals surface area contributed by atoms with Crippen LogP contribution in [0.1, 0.15) is 57.9 Å². The highest BCUT2D eigenvalue weighted by Gasteiger charge is 2.37. The van der Waals surface area contributed by atoms with E-state index in [-0.39, 0.29) is 31.2 Å². The zero-order valence-corrected chi connectivity index (χ0v) is 24.3. The molecule has 5 amide bonds. The molecule has 3 aliphatic heterocycles. The van der Waals surface area contributed by atoms with Crippen LogP contribution in [0.4, 0.5) is 0 Å². The van der Waals surface area contributed by atoms with Crippen LogP contribution in [-0.2, 0) is 30.4 Å². The van der Waals surface area contributed by atoms with Gasteiger partial charge in [0.15, 0.2) is 0 Å². The predicted molar refractivity (Wildman–Crippen MR) is 154 cm³/mol. The van der Waals surface area contributed by atoms with Gasteiger partial charge in [-0.2, -0.15) is 0 Å². The number of fused-ring (bicyclic) bond motifs is 12. The first-order valence-electron chi connectivity index (χ1n) is 14.6. The Morgan fingerprint density at radius 2 is 1.86 bits per heavy atom. The molecule has 3 heterocycles. The molecule has 1 unspecified atom stereocenters. The minimum Gasteiger partial charge on any atom is -0.494 e. The highest BCUT2D eigenvalue weighted by Crippen LogP contribution is 2.21. The van der Waals surface area contributed by atoms with Gasteiger partial charge < -0.3 is 37.3 Å². The number of hydrogen-bond donors (Lipinski definition) is 6. The van der Waals surface area contributed by atoms with Crippen molar-refractivity contribution in [2.45, 2.75) is 89.1 Å². The van der Waals surface area contributed by atoms with E-state index < -0.39 is 60.3 Å². The molecule has 8 N–H and O–H groups in total. The van der Waals surface area contributed by atoms with Crippen LogP contribution in [0.2, 0.25) is 0 Å². The molecule has 0 saturated carbocycles. The van der Waals surface area contributed by atoms with E-state index in [9.17, 15) is 29.1 Å². The minimum absolute atomic E-state index is 0.0572. The second-order valence-electron chi connectivity index (χ2n) is 11.2. The van der Waals surface area contributed by atoms with Gasteiger partial charge in [-0.05, 0) is 55.8 Å². The number of nitrogens with two attached hydrogens (primary N) is 2. The zero-order chi connectivity index (χ0) is 30.8. The molecule has 1 fully saturated rings. The number of nitrogens with zero attached hydrogens (tertiary/aromatic N) is 1. The molecular weight excluding hydrogens is 544 g/mol. The van der Waals surface area contributed by atoms with E-state index in [1.165, 1.54) is 0 Å². The quantitative estimate of drug-likeness (QED) is 0.201. The number of hydrogen-bond acceptors (Lipinski definition) is 8. The summed E-state index contributed by atoms with van der Waals surface area (Å²) in [4.78, 5) is 64.5. The zero-order valence-electron chi connectivity index (χ0n) is 24.3. The van der Waals surface area contributed by atoms with Crippen molar-refractivity contribution >= 4 is 29.5 Å². The number of ether oxygens (including phenoxy) is 1. The van der Waals surface area contributed by atoms with Gasteiger partial charge in [0.25, 0.3) is 0 Å². The number of aliphatic hydroxyl groups is 1. The first-order chi connectivity index (χ1) is 20.0. The van der Waals surface area contributed by atoms with Crippen LogP contribution < -0.4 is 32.2 Å². The average Bonchev–Trinajstić information content (AvgIpc) is 3.40. The molecule has 0 aromatic heterocycles. The van der Waals surface area contributed by atoms with Crippen LogP contribution in [0, 0.1) is 5.92 Å². The van der Waals surface area contributed by atoms with Crippen LogP contribution in [0.5, 0.6) is 5.75 Å². The lowest BCUT2D eigenvalue weighted by Crippen LogP contribution is -2.57. The SMILES string of the molecule is CC[C@H](C)C(NC(=O)[C@@H]1CCCN1C[C@H](O)[C@@H]1Cc2ccc(cc2)OCCCC(=O)N[C@@H](CC(N)=O)C(=O)N1)C(N)=O. The van der Waals surface area contributed by atoms with Crippen molar-refractivity contribution in [3.05, 3.63) is 29.8 Å². The van der Waals surface area contributed by atoms with Crippen molar-refractivity contribution in [2.24, 2.45) is 17.4 Å². The second-order valence-corrected chi connectivity index (χ2v) is 11.2. The summed E-state index contributed by atoms with van der Waals surface area (Å²) in [5.41, 5.74) is 11.7. The van der Waals surface area contributed by atoms with Crippen LogP contribution in [0.15, 0.2) is 24.3 Å². The summed E-state index contributed by atoms with van der Waals surface area (Å²) in [6, 6.07) is 3.79. The van der Waals surface area contributed by atoms with Crippen molar-refractivity contribution < 1.29 is 33.8 Å². The summed E-state index contributed by atoms with van der Waals surface area (Å²) in [6.07, 6.45) is 1.09. The van der Waals surface area contributed by atoms with E-state index >= 15 is 0 Å². The lowest BCUT2D eigenvalue weighted by atomic mass is 9.98. The van der Waals surface area contributed by atoms with Crippen LogP contribution in [-0.4, -0.2) is 89.5 Å². The molecule has 2 bridgehead atoms. The van der Waals surface area contributed by atoms with Gasteiger partial charge in [0.05, 0.1) is 31.2 Å². The van der Waals surface area contributed by atoms with Gasteiger partial charge in [0.1, 0.15) is 17.8 Å². The molecule has 1 saturated heterocycles. The fraction of sp³-hybridized carbons (Fsp3) is 0.621. The fourth-order valence-corrected chi connectivity index (χ4v) is 5.33. The average molecular weight is 589 g/mol. The van der Waals surface area contributed by atoms with E-state index in [2.05, 4.69) is 16.0 Å². The van der Waals surface area contributed by atoms with Gasteiger partial charge in [0, 0.05) is 13.0 Å². The molecule has 0 radical (unpaired) electrons. The molecule has 0 aliphatic carbocycles. The maximum absolute atomic E-state index is 13.3. The van der Waals surface area contributed by atoms with Gasteiger partial charge in [-0.25, -0.2) is 0 Å². The van der Waals surface area contributed by atoms with E-state index in [0.717, 1.165) is 5.56 Å². The number of rotatable bonds is 10. The Morgan fingerprint density at radius 3 is 2.50 bits per heavy atom. The third-order valence-electron chi connectivity index (χ3n) is 7.95. The first-order valence-corrected chi connectivity index (χ1v) is 14.6. The number of aliphatic hydroxyl groups excluding tert-OH is 1. The summed E-state index contributed by atoms with van der Waals surface area (Å²) >= 11 is 0. The number of carbonyl (C=O) groups excluding carboxylic acids is 5. The van der Waals surface area contributed by atoms with E-state index in [1.807, 2.05) is 30.9 Å². The topological polar surface area (TPSA) is 206 Å². The molecule has 13 heteroatoms. The summed E-state index contributed by atoms with van der Waals surface area (Å²) in [7, 11) is 0. The number of amides is 5. The summed E-state index contributed by atoms with van der Waals surface area (Å²) in [6.45, 7) is 4.64. The Bertz CT molecular complexity index is 1110. The summed E-state index contributed by atoms with van der Waals surface area (Å²) in [5.74, 6) is -2.30. The Morgan fingerprint density at radius 1 is 1.14 bits per heavy atom. The monoisotopic (exact) mass is 588 g/mol. The van der Waals surface area contributed by atoms with E-state index in [4.69, 9.17) is 16.2 Å². The smallest absolute Gasteiger partial charge is 0.243 e. The molecule has 4 rings (SSSR count). The predicted octanol–water partition coefficient (Wildman–Crippen LogP) is -0.912. The van der Waals surface area contributed by atoms with E-state index in [0.29, 0.717) is 44.6 Å². The minimum atomic E-state index is -1.21. The maximum atomic E-state index is 13.3. The molecule has 42 heavy (non-hydrogen) atoms. The molecule has 1 aromatic carbocycles. The standard InChI is InChI=1S/C29H44N6O7/c1-3-17(2)26(27(31)39)34-29(41)22-6-4-12-35(22)16-23(36)20-14-18-8-10-19(11-9-18)42-13-5-7-25(38)32-21(15-24(30)37)28(40)33-20/h8-11,17,20-23,26,36H,3-7,12-16H2,1-2H3,(H2,30,37)(H2,31,39)(H,32,38)(H,33,40)(H,34,41)/t17-,20-,21-,22-,23-,26?/m0/s1. The maximum Gasteiger partial charge on any atom is 0.243 e. The van der Waals surface area contributed by atoms with Crippen molar-refractivity contribution in [1.82, 2.24) is 20.9 Å².